The maximum absolute atomic E-state index is 3.94. The number of benzene rings is 1. The summed E-state index contributed by atoms with van der Waals surface area (Å²) in [6, 6.07) is 12.5. The third-order valence-corrected chi connectivity index (χ3v) is 4.97. The standard InChI is InChI=1S/C17H25N/c1-12-7-6-8-13(2)17(12)18-16-11-15(16)14-9-4-3-5-10-14/h3-5,9-10,12-13,15-18H,6-8,11H2,1-2H3. The van der Waals surface area contributed by atoms with Crippen LogP contribution in [0.2, 0.25) is 0 Å². The molecule has 1 nitrogen and oxygen atoms in total. The lowest BCUT2D eigenvalue weighted by Crippen LogP contribution is -2.44. The van der Waals surface area contributed by atoms with Gasteiger partial charge in [-0.05, 0) is 36.7 Å². The molecule has 1 heteroatoms. The molecule has 0 saturated heterocycles. The summed E-state index contributed by atoms with van der Waals surface area (Å²) in [5.41, 5.74) is 1.52. The van der Waals surface area contributed by atoms with Gasteiger partial charge in [-0.3, -0.25) is 0 Å². The van der Waals surface area contributed by atoms with E-state index in [2.05, 4.69) is 49.5 Å². The van der Waals surface area contributed by atoms with Gasteiger partial charge in [0, 0.05) is 18.0 Å². The molecule has 0 amide bonds. The second-order valence-electron chi connectivity index (χ2n) is 6.44. The maximum Gasteiger partial charge on any atom is 0.0146 e. The van der Waals surface area contributed by atoms with Crippen molar-refractivity contribution in [3.8, 4) is 0 Å². The summed E-state index contributed by atoms with van der Waals surface area (Å²) in [5, 5.41) is 3.94. The average molecular weight is 243 g/mol. The summed E-state index contributed by atoms with van der Waals surface area (Å²) in [4.78, 5) is 0. The van der Waals surface area contributed by atoms with E-state index in [1.807, 2.05) is 0 Å². The molecule has 0 aliphatic heterocycles. The summed E-state index contributed by atoms with van der Waals surface area (Å²) in [5.74, 6) is 2.48. The van der Waals surface area contributed by atoms with E-state index in [0.717, 1.165) is 29.8 Å². The molecule has 1 aromatic carbocycles. The SMILES string of the molecule is CC1CCCC(C)C1NC1CC1c1ccccc1. The van der Waals surface area contributed by atoms with Gasteiger partial charge in [-0.25, -0.2) is 0 Å². The van der Waals surface area contributed by atoms with Crippen LogP contribution < -0.4 is 5.32 Å². The lowest BCUT2D eigenvalue weighted by molar-refractivity contribution is 0.206. The van der Waals surface area contributed by atoms with Gasteiger partial charge in [0.2, 0.25) is 0 Å². The summed E-state index contributed by atoms with van der Waals surface area (Å²) in [6.45, 7) is 4.85. The Morgan fingerprint density at radius 3 is 2.33 bits per heavy atom. The summed E-state index contributed by atoms with van der Waals surface area (Å²) < 4.78 is 0. The van der Waals surface area contributed by atoms with E-state index >= 15 is 0 Å². The highest BCUT2D eigenvalue weighted by Crippen LogP contribution is 2.42. The normalized spacial score (nSPS) is 39.6. The van der Waals surface area contributed by atoms with Crippen LogP contribution in [-0.2, 0) is 0 Å². The molecule has 98 valence electrons. The van der Waals surface area contributed by atoms with Crippen molar-refractivity contribution in [2.24, 2.45) is 11.8 Å². The molecule has 1 aromatic rings. The van der Waals surface area contributed by atoms with Crippen molar-refractivity contribution in [3.05, 3.63) is 35.9 Å². The Labute approximate surface area is 111 Å². The Morgan fingerprint density at radius 1 is 1.00 bits per heavy atom. The zero-order chi connectivity index (χ0) is 12.5. The van der Waals surface area contributed by atoms with Crippen molar-refractivity contribution in [3.63, 3.8) is 0 Å². The van der Waals surface area contributed by atoms with Crippen molar-refractivity contribution >= 4 is 0 Å². The smallest absolute Gasteiger partial charge is 0.0146 e. The van der Waals surface area contributed by atoms with E-state index in [9.17, 15) is 0 Å². The minimum absolute atomic E-state index is 0.736. The van der Waals surface area contributed by atoms with Gasteiger partial charge in [0.05, 0.1) is 0 Å². The van der Waals surface area contributed by atoms with Gasteiger partial charge in [-0.1, -0.05) is 50.6 Å². The molecule has 2 fully saturated rings. The maximum atomic E-state index is 3.94. The van der Waals surface area contributed by atoms with Crippen molar-refractivity contribution < 1.29 is 0 Å². The number of nitrogens with one attached hydrogen (secondary N) is 1. The molecule has 0 heterocycles. The number of rotatable bonds is 3. The molecule has 1 N–H and O–H groups in total. The molecule has 2 aliphatic rings. The van der Waals surface area contributed by atoms with Crippen LogP contribution in [0, 0.1) is 11.8 Å². The molecular formula is C17H25N. The fourth-order valence-electron chi connectivity index (χ4n) is 3.71. The highest BCUT2D eigenvalue weighted by Gasteiger charge is 2.41. The largest absolute Gasteiger partial charge is 0.310 e. The molecule has 2 saturated carbocycles. The molecule has 0 aromatic heterocycles. The fraction of sp³-hybridized carbons (Fsp3) is 0.647. The van der Waals surface area contributed by atoms with E-state index in [0.29, 0.717) is 0 Å². The lowest BCUT2D eigenvalue weighted by atomic mass is 9.78. The molecule has 4 unspecified atom stereocenters. The monoisotopic (exact) mass is 243 g/mol. The molecule has 0 bridgehead atoms. The van der Waals surface area contributed by atoms with E-state index < -0.39 is 0 Å². The summed E-state index contributed by atoms with van der Waals surface area (Å²) in [6.07, 6.45) is 5.57. The average Bonchev–Trinajstić information content (AvgIpc) is 3.15. The van der Waals surface area contributed by atoms with Crippen LogP contribution in [0.5, 0.6) is 0 Å². The topological polar surface area (TPSA) is 12.0 Å². The number of hydrogen-bond donors (Lipinski definition) is 1. The van der Waals surface area contributed by atoms with Gasteiger partial charge >= 0.3 is 0 Å². The first-order valence-electron chi connectivity index (χ1n) is 7.56. The zero-order valence-electron chi connectivity index (χ0n) is 11.6. The molecule has 0 radical (unpaired) electrons. The molecule has 18 heavy (non-hydrogen) atoms. The van der Waals surface area contributed by atoms with Crippen LogP contribution in [-0.4, -0.2) is 12.1 Å². The number of hydrogen-bond acceptors (Lipinski definition) is 1. The predicted octanol–water partition coefficient (Wildman–Crippen LogP) is 3.96. The highest BCUT2D eigenvalue weighted by atomic mass is 15.0. The van der Waals surface area contributed by atoms with Gasteiger partial charge in [-0.2, -0.15) is 0 Å². The second kappa shape index (κ2) is 5.05. The van der Waals surface area contributed by atoms with E-state index in [1.165, 1.54) is 31.2 Å². The zero-order valence-corrected chi connectivity index (χ0v) is 11.6. The van der Waals surface area contributed by atoms with Crippen LogP contribution in [0.3, 0.4) is 0 Å². The first-order valence-corrected chi connectivity index (χ1v) is 7.56. The van der Waals surface area contributed by atoms with E-state index in [1.54, 1.807) is 0 Å². The van der Waals surface area contributed by atoms with Gasteiger partial charge in [0.1, 0.15) is 0 Å². The van der Waals surface area contributed by atoms with Crippen molar-refractivity contribution in [1.29, 1.82) is 0 Å². The molecule has 4 atom stereocenters. The minimum atomic E-state index is 0.736. The first kappa shape index (κ1) is 12.2. The van der Waals surface area contributed by atoms with Gasteiger partial charge in [-0.15, -0.1) is 0 Å². The Kier molecular flexibility index (Phi) is 3.43. The quantitative estimate of drug-likeness (QED) is 0.847. The van der Waals surface area contributed by atoms with Crippen molar-refractivity contribution in [1.82, 2.24) is 5.32 Å². The van der Waals surface area contributed by atoms with Gasteiger partial charge in [0.25, 0.3) is 0 Å². The second-order valence-corrected chi connectivity index (χ2v) is 6.44. The van der Waals surface area contributed by atoms with Crippen LogP contribution in [0.4, 0.5) is 0 Å². The molecule has 2 aliphatic carbocycles. The third kappa shape index (κ3) is 2.47. The molecular weight excluding hydrogens is 218 g/mol. The summed E-state index contributed by atoms with van der Waals surface area (Å²) in [7, 11) is 0. The van der Waals surface area contributed by atoms with Crippen LogP contribution in [0.1, 0.15) is 51.0 Å². The highest BCUT2D eigenvalue weighted by molar-refractivity contribution is 5.27. The predicted molar refractivity (Wildman–Crippen MR) is 76.7 cm³/mol. The van der Waals surface area contributed by atoms with Crippen LogP contribution >= 0.6 is 0 Å². The van der Waals surface area contributed by atoms with Crippen LogP contribution in [0.25, 0.3) is 0 Å². The third-order valence-electron chi connectivity index (χ3n) is 4.97. The van der Waals surface area contributed by atoms with E-state index in [4.69, 9.17) is 0 Å². The lowest BCUT2D eigenvalue weighted by Gasteiger charge is -2.35. The van der Waals surface area contributed by atoms with Crippen LogP contribution in [0.15, 0.2) is 30.3 Å². The Balaban J connectivity index is 1.59. The Hall–Kier alpha value is -0.820. The Morgan fingerprint density at radius 2 is 1.67 bits per heavy atom. The molecule has 3 rings (SSSR count). The van der Waals surface area contributed by atoms with E-state index in [-0.39, 0.29) is 0 Å². The fourth-order valence-corrected chi connectivity index (χ4v) is 3.71. The van der Waals surface area contributed by atoms with Gasteiger partial charge in [0.15, 0.2) is 0 Å². The van der Waals surface area contributed by atoms with Crippen molar-refractivity contribution in [2.75, 3.05) is 0 Å². The summed E-state index contributed by atoms with van der Waals surface area (Å²) >= 11 is 0. The first-order chi connectivity index (χ1) is 8.75. The van der Waals surface area contributed by atoms with Crippen molar-refractivity contribution in [2.45, 2.75) is 57.5 Å². The molecule has 0 spiro atoms. The van der Waals surface area contributed by atoms with Gasteiger partial charge < -0.3 is 5.32 Å². The minimum Gasteiger partial charge on any atom is -0.310 e. The Bertz CT molecular complexity index is 376.